The van der Waals surface area contributed by atoms with Crippen LogP contribution in [0.3, 0.4) is 0 Å². The van der Waals surface area contributed by atoms with Gasteiger partial charge in [0.25, 0.3) is 0 Å². The normalized spacial score (nSPS) is 11.2. The standard InChI is InChI=1S/C17H19N3O5S/c1-25-17(22)13-6-8-14(9-7-13)19-16(21)12-20(26(2,23)24)11-15-5-3-4-10-18-15/h3-10H,11-12H2,1-2H3,(H,19,21). The highest BCUT2D eigenvalue weighted by atomic mass is 32.2. The van der Waals surface area contributed by atoms with Crippen molar-refractivity contribution in [1.82, 2.24) is 9.29 Å². The Morgan fingerprint density at radius 2 is 1.85 bits per heavy atom. The quantitative estimate of drug-likeness (QED) is 0.729. The number of hydrogen-bond donors (Lipinski definition) is 1. The van der Waals surface area contributed by atoms with Gasteiger partial charge < -0.3 is 10.1 Å². The number of aromatic nitrogens is 1. The van der Waals surface area contributed by atoms with Gasteiger partial charge in [0.15, 0.2) is 0 Å². The Kier molecular flexibility index (Phi) is 6.42. The molecule has 1 heterocycles. The third-order valence-electron chi connectivity index (χ3n) is 3.44. The molecule has 0 unspecified atom stereocenters. The number of carbonyl (C=O) groups is 2. The minimum absolute atomic E-state index is 0.00558. The monoisotopic (exact) mass is 377 g/mol. The number of ether oxygens (including phenoxy) is 1. The van der Waals surface area contributed by atoms with E-state index in [1.165, 1.54) is 31.4 Å². The minimum Gasteiger partial charge on any atom is -0.465 e. The van der Waals surface area contributed by atoms with E-state index in [1.807, 2.05) is 0 Å². The lowest BCUT2D eigenvalue weighted by Crippen LogP contribution is -2.37. The average Bonchev–Trinajstić information content (AvgIpc) is 2.61. The predicted molar refractivity (Wildman–Crippen MR) is 95.9 cm³/mol. The minimum atomic E-state index is -3.60. The smallest absolute Gasteiger partial charge is 0.337 e. The Morgan fingerprint density at radius 3 is 2.38 bits per heavy atom. The number of nitrogens with zero attached hydrogens (tertiary/aromatic N) is 2. The third-order valence-corrected chi connectivity index (χ3v) is 4.64. The van der Waals surface area contributed by atoms with Crippen molar-refractivity contribution in [3.05, 3.63) is 59.9 Å². The van der Waals surface area contributed by atoms with Crippen LogP contribution in [-0.2, 0) is 26.1 Å². The van der Waals surface area contributed by atoms with Gasteiger partial charge in [0.2, 0.25) is 15.9 Å². The molecule has 0 saturated heterocycles. The average molecular weight is 377 g/mol. The van der Waals surface area contributed by atoms with Crippen molar-refractivity contribution < 1.29 is 22.7 Å². The molecule has 0 aliphatic rings. The fourth-order valence-electron chi connectivity index (χ4n) is 2.13. The van der Waals surface area contributed by atoms with Gasteiger partial charge in [-0.15, -0.1) is 0 Å². The molecule has 0 bridgehead atoms. The summed E-state index contributed by atoms with van der Waals surface area (Å²) in [6, 6.07) is 11.2. The second-order valence-corrected chi connectivity index (χ2v) is 7.45. The first-order valence-electron chi connectivity index (χ1n) is 7.63. The van der Waals surface area contributed by atoms with Crippen molar-refractivity contribution in [1.29, 1.82) is 0 Å². The molecule has 0 aliphatic heterocycles. The zero-order valence-corrected chi connectivity index (χ0v) is 15.2. The van der Waals surface area contributed by atoms with Crippen LogP contribution in [0.4, 0.5) is 5.69 Å². The number of pyridine rings is 1. The van der Waals surface area contributed by atoms with Gasteiger partial charge >= 0.3 is 5.97 Å². The van der Waals surface area contributed by atoms with Gasteiger partial charge in [-0.1, -0.05) is 6.07 Å². The second kappa shape index (κ2) is 8.54. The molecule has 0 fully saturated rings. The number of anilines is 1. The summed E-state index contributed by atoms with van der Waals surface area (Å²) in [5.74, 6) is -0.987. The fraction of sp³-hybridized carbons (Fsp3) is 0.235. The lowest BCUT2D eigenvalue weighted by atomic mass is 10.2. The SMILES string of the molecule is COC(=O)c1ccc(NC(=O)CN(Cc2ccccn2)S(C)(=O)=O)cc1. The summed E-state index contributed by atoms with van der Waals surface area (Å²) < 4.78 is 29.5. The first-order valence-corrected chi connectivity index (χ1v) is 9.47. The first-order chi connectivity index (χ1) is 12.3. The highest BCUT2D eigenvalue weighted by molar-refractivity contribution is 7.88. The number of amides is 1. The maximum Gasteiger partial charge on any atom is 0.337 e. The van der Waals surface area contributed by atoms with Crippen molar-refractivity contribution in [2.24, 2.45) is 0 Å². The van der Waals surface area contributed by atoms with E-state index in [4.69, 9.17) is 0 Å². The molecule has 0 spiro atoms. The molecular formula is C17H19N3O5S. The number of rotatable bonds is 7. The van der Waals surface area contributed by atoms with Crippen LogP contribution in [0.5, 0.6) is 0 Å². The third kappa shape index (κ3) is 5.64. The second-order valence-electron chi connectivity index (χ2n) is 5.47. The summed E-state index contributed by atoms with van der Waals surface area (Å²) in [6.45, 7) is -0.359. The summed E-state index contributed by atoms with van der Waals surface area (Å²) in [5, 5.41) is 2.60. The van der Waals surface area contributed by atoms with E-state index in [0.717, 1.165) is 10.6 Å². The van der Waals surface area contributed by atoms with Crippen LogP contribution in [0.15, 0.2) is 48.7 Å². The van der Waals surface area contributed by atoms with Gasteiger partial charge in [0.05, 0.1) is 37.7 Å². The molecule has 0 atom stereocenters. The van der Waals surface area contributed by atoms with Crippen molar-refractivity contribution in [2.75, 3.05) is 25.2 Å². The molecule has 0 radical (unpaired) electrons. The van der Waals surface area contributed by atoms with Gasteiger partial charge in [0.1, 0.15) is 0 Å². The lowest BCUT2D eigenvalue weighted by Gasteiger charge is -2.19. The van der Waals surface area contributed by atoms with Crippen molar-refractivity contribution in [2.45, 2.75) is 6.54 Å². The van der Waals surface area contributed by atoms with Crippen LogP contribution in [0.1, 0.15) is 16.1 Å². The number of nitrogens with one attached hydrogen (secondary N) is 1. The van der Waals surface area contributed by atoms with Gasteiger partial charge in [-0.2, -0.15) is 4.31 Å². The largest absolute Gasteiger partial charge is 0.465 e. The Morgan fingerprint density at radius 1 is 1.15 bits per heavy atom. The number of esters is 1. The molecule has 1 amide bonds. The Bertz CT molecular complexity index is 867. The summed E-state index contributed by atoms with van der Waals surface area (Å²) in [5.41, 5.74) is 1.32. The Labute approximate surface area is 151 Å². The van der Waals surface area contributed by atoms with Crippen LogP contribution in [0, 0.1) is 0 Å². The maximum atomic E-state index is 12.2. The fourth-order valence-corrected chi connectivity index (χ4v) is 2.85. The molecule has 8 nitrogen and oxygen atoms in total. The van der Waals surface area contributed by atoms with Gasteiger partial charge in [0, 0.05) is 11.9 Å². The zero-order chi connectivity index (χ0) is 19.2. The summed E-state index contributed by atoms with van der Waals surface area (Å²) >= 11 is 0. The van der Waals surface area contributed by atoms with E-state index < -0.39 is 21.9 Å². The molecule has 26 heavy (non-hydrogen) atoms. The molecule has 0 saturated carbocycles. The Hall–Kier alpha value is -2.78. The molecule has 0 aliphatic carbocycles. The highest BCUT2D eigenvalue weighted by Gasteiger charge is 2.21. The van der Waals surface area contributed by atoms with E-state index in [9.17, 15) is 18.0 Å². The van der Waals surface area contributed by atoms with Gasteiger partial charge in [-0.25, -0.2) is 13.2 Å². The topological polar surface area (TPSA) is 106 Å². The van der Waals surface area contributed by atoms with Crippen LogP contribution in [-0.4, -0.2) is 49.5 Å². The highest BCUT2D eigenvalue weighted by Crippen LogP contribution is 2.11. The Balaban J connectivity index is 2.04. The lowest BCUT2D eigenvalue weighted by molar-refractivity contribution is -0.116. The summed E-state index contributed by atoms with van der Waals surface area (Å²) in [4.78, 5) is 27.7. The number of benzene rings is 1. The number of hydrogen-bond acceptors (Lipinski definition) is 6. The van der Waals surface area contributed by atoms with E-state index in [1.54, 1.807) is 24.4 Å². The summed E-state index contributed by atoms with van der Waals surface area (Å²) in [7, 11) is -2.32. The van der Waals surface area contributed by atoms with Crippen molar-refractivity contribution >= 4 is 27.6 Å². The van der Waals surface area contributed by atoms with Crippen LogP contribution in [0.2, 0.25) is 0 Å². The van der Waals surface area contributed by atoms with Crippen LogP contribution in [0.25, 0.3) is 0 Å². The maximum absolute atomic E-state index is 12.2. The molecule has 138 valence electrons. The van der Waals surface area contributed by atoms with E-state index in [2.05, 4.69) is 15.0 Å². The molecule has 1 N–H and O–H groups in total. The zero-order valence-electron chi connectivity index (χ0n) is 14.4. The first kappa shape index (κ1) is 19.5. The van der Waals surface area contributed by atoms with Gasteiger partial charge in [-0.3, -0.25) is 9.78 Å². The predicted octanol–water partition coefficient (Wildman–Crippen LogP) is 1.27. The molecule has 1 aromatic carbocycles. The van der Waals surface area contributed by atoms with Crippen molar-refractivity contribution in [3.63, 3.8) is 0 Å². The summed E-state index contributed by atoms with van der Waals surface area (Å²) in [6.07, 6.45) is 2.59. The van der Waals surface area contributed by atoms with E-state index >= 15 is 0 Å². The van der Waals surface area contributed by atoms with Gasteiger partial charge in [-0.05, 0) is 36.4 Å². The number of methoxy groups -OCH3 is 1. The molecule has 2 rings (SSSR count). The van der Waals surface area contributed by atoms with Crippen LogP contribution >= 0.6 is 0 Å². The van der Waals surface area contributed by atoms with Crippen molar-refractivity contribution in [3.8, 4) is 0 Å². The molecule has 9 heteroatoms. The number of sulfonamides is 1. The molecular weight excluding hydrogens is 358 g/mol. The number of carbonyl (C=O) groups excluding carboxylic acids is 2. The van der Waals surface area contributed by atoms with Crippen LogP contribution < -0.4 is 5.32 Å². The van der Waals surface area contributed by atoms with E-state index in [-0.39, 0.29) is 13.1 Å². The molecule has 1 aromatic heterocycles. The van der Waals surface area contributed by atoms with E-state index in [0.29, 0.717) is 16.9 Å². The molecule has 2 aromatic rings.